The molecule has 0 radical (unpaired) electrons. The van der Waals surface area contributed by atoms with Gasteiger partial charge in [-0.1, -0.05) is 12.1 Å². The fourth-order valence-electron chi connectivity index (χ4n) is 2.78. The molecule has 0 spiro atoms. The quantitative estimate of drug-likeness (QED) is 0.679. The Balaban J connectivity index is 1.24. The summed E-state index contributed by atoms with van der Waals surface area (Å²) in [5, 5.41) is 4.10. The third-order valence-electron chi connectivity index (χ3n) is 4.12. The van der Waals surface area contributed by atoms with Crippen molar-refractivity contribution in [2.45, 2.75) is 18.6 Å². The number of fused-ring (bicyclic) bond motifs is 1. The monoisotopic (exact) mass is 379 g/mol. The van der Waals surface area contributed by atoms with Crippen molar-refractivity contribution >= 4 is 39.2 Å². The highest BCUT2D eigenvalue weighted by Crippen LogP contribution is 2.24. The minimum Gasteiger partial charge on any atom is -0.379 e. The summed E-state index contributed by atoms with van der Waals surface area (Å²) in [6.45, 7) is 5.64. The minimum atomic E-state index is 0.123. The summed E-state index contributed by atoms with van der Waals surface area (Å²) >= 11 is 3.34. The van der Waals surface area contributed by atoms with Gasteiger partial charge in [-0.15, -0.1) is 23.1 Å². The predicted octanol–water partition coefficient (Wildman–Crippen LogP) is 2.76. The molecule has 1 aromatic carbocycles. The lowest BCUT2D eigenvalue weighted by Gasteiger charge is -2.26. The number of nitrogens with zero attached hydrogens (tertiary/aromatic N) is 2. The summed E-state index contributed by atoms with van der Waals surface area (Å²) in [7, 11) is 0. The summed E-state index contributed by atoms with van der Waals surface area (Å²) < 4.78 is 6.55. The Kier molecular flexibility index (Phi) is 7.54. The van der Waals surface area contributed by atoms with Crippen molar-refractivity contribution in [2.75, 3.05) is 45.1 Å². The third kappa shape index (κ3) is 6.26. The number of hydrogen-bond acceptors (Lipinski definition) is 6. The van der Waals surface area contributed by atoms with Gasteiger partial charge in [-0.2, -0.15) is 0 Å². The number of carbonyl (C=O) groups excluding carboxylic acids is 1. The van der Waals surface area contributed by atoms with Gasteiger partial charge in [0, 0.05) is 25.4 Å². The molecule has 1 aliphatic rings. The van der Waals surface area contributed by atoms with Gasteiger partial charge in [-0.25, -0.2) is 4.98 Å². The first-order chi connectivity index (χ1) is 12.3. The van der Waals surface area contributed by atoms with Crippen LogP contribution in [0.15, 0.2) is 24.3 Å². The number of aromatic nitrogens is 1. The van der Waals surface area contributed by atoms with Gasteiger partial charge in [-0.05, 0) is 31.5 Å². The lowest BCUT2D eigenvalue weighted by Crippen LogP contribution is -2.37. The largest absolute Gasteiger partial charge is 0.379 e. The smallest absolute Gasteiger partial charge is 0.230 e. The molecule has 7 heteroatoms. The van der Waals surface area contributed by atoms with Gasteiger partial charge < -0.3 is 10.1 Å². The number of nitrogens with one attached hydrogen (secondary N) is 1. The highest BCUT2D eigenvalue weighted by atomic mass is 32.2. The highest BCUT2D eigenvalue weighted by molar-refractivity contribution is 7.99. The molecule has 1 fully saturated rings. The summed E-state index contributed by atoms with van der Waals surface area (Å²) in [4.78, 5) is 18.9. The molecular formula is C18H25N3O2S2. The van der Waals surface area contributed by atoms with Crippen LogP contribution in [0.4, 0.5) is 0 Å². The molecule has 1 saturated heterocycles. The summed E-state index contributed by atoms with van der Waals surface area (Å²) in [6, 6.07) is 8.16. The molecule has 2 heterocycles. The van der Waals surface area contributed by atoms with E-state index in [1.165, 1.54) is 4.70 Å². The van der Waals surface area contributed by atoms with Crippen molar-refractivity contribution in [3.63, 3.8) is 0 Å². The molecule has 5 nitrogen and oxygen atoms in total. The molecule has 0 aliphatic carbocycles. The number of ether oxygens (including phenoxy) is 1. The molecule has 0 bridgehead atoms. The Morgan fingerprint density at radius 2 is 2.12 bits per heavy atom. The average molecular weight is 380 g/mol. The molecule has 2 aromatic rings. The number of thiazole rings is 1. The van der Waals surface area contributed by atoms with Gasteiger partial charge in [0.05, 0.1) is 29.2 Å². The zero-order valence-corrected chi connectivity index (χ0v) is 16.0. The maximum absolute atomic E-state index is 11.9. The molecule has 1 amide bonds. The zero-order valence-electron chi connectivity index (χ0n) is 14.4. The van der Waals surface area contributed by atoms with Crippen LogP contribution in [0.1, 0.15) is 17.8 Å². The SMILES string of the molecule is O=C(CSCc1nc2ccccc2s1)NCCCCN1CCOCC1. The molecule has 136 valence electrons. The molecular weight excluding hydrogens is 354 g/mol. The summed E-state index contributed by atoms with van der Waals surface area (Å²) in [5.74, 6) is 1.42. The molecule has 1 N–H and O–H groups in total. The van der Waals surface area contributed by atoms with Gasteiger partial charge >= 0.3 is 0 Å². The Morgan fingerprint density at radius 3 is 2.96 bits per heavy atom. The Hall–Kier alpha value is -1.15. The number of hydrogen-bond donors (Lipinski definition) is 1. The maximum atomic E-state index is 11.9. The van der Waals surface area contributed by atoms with E-state index < -0.39 is 0 Å². The first-order valence-corrected chi connectivity index (χ1v) is 10.8. The summed E-state index contributed by atoms with van der Waals surface area (Å²) in [5.41, 5.74) is 1.05. The van der Waals surface area contributed by atoms with Gasteiger partial charge in [0.25, 0.3) is 0 Å². The van der Waals surface area contributed by atoms with Crippen LogP contribution in [0.3, 0.4) is 0 Å². The van der Waals surface area contributed by atoms with E-state index in [9.17, 15) is 4.79 Å². The van der Waals surface area contributed by atoms with E-state index in [4.69, 9.17) is 4.74 Å². The number of para-hydroxylation sites is 1. The number of morpholine rings is 1. The van der Waals surface area contributed by atoms with E-state index in [1.54, 1.807) is 23.1 Å². The van der Waals surface area contributed by atoms with Crippen LogP contribution in [0.5, 0.6) is 0 Å². The number of carbonyl (C=O) groups is 1. The highest BCUT2D eigenvalue weighted by Gasteiger charge is 2.09. The van der Waals surface area contributed by atoms with Crippen LogP contribution in [0.2, 0.25) is 0 Å². The van der Waals surface area contributed by atoms with E-state index in [2.05, 4.69) is 21.3 Å². The van der Waals surface area contributed by atoms with Crippen LogP contribution in [-0.4, -0.2) is 60.9 Å². The molecule has 0 atom stereocenters. The lowest BCUT2D eigenvalue weighted by atomic mass is 10.2. The topological polar surface area (TPSA) is 54.5 Å². The number of unbranched alkanes of at least 4 members (excludes halogenated alkanes) is 1. The van der Waals surface area contributed by atoms with Crippen molar-refractivity contribution < 1.29 is 9.53 Å². The van der Waals surface area contributed by atoms with Crippen LogP contribution < -0.4 is 5.32 Å². The standard InChI is InChI=1S/C18H25N3O2S2/c22-17(19-7-3-4-8-21-9-11-23-12-10-21)13-24-14-18-20-15-5-1-2-6-16(15)25-18/h1-2,5-6H,3-4,7-14H2,(H,19,22). The Labute approximate surface area is 157 Å². The third-order valence-corrected chi connectivity index (χ3v) is 6.29. The van der Waals surface area contributed by atoms with E-state index in [0.717, 1.165) is 68.5 Å². The minimum absolute atomic E-state index is 0.123. The van der Waals surface area contributed by atoms with Crippen LogP contribution in [-0.2, 0) is 15.3 Å². The lowest BCUT2D eigenvalue weighted by molar-refractivity contribution is -0.118. The van der Waals surface area contributed by atoms with E-state index in [1.807, 2.05) is 18.2 Å². The number of thioether (sulfide) groups is 1. The van der Waals surface area contributed by atoms with Crippen molar-refractivity contribution in [2.24, 2.45) is 0 Å². The van der Waals surface area contributed by atoms with Crippen LogP contribution >= 0.6 is 23.1 Å². The Bertz CT molecular complexity index is 638. The van der Waals surface area contributed by atoms with E-state index >= 15 is 0 Å². The van der Waals surface area contributed by atoms with Gasteiger partial charge in [0.1, 0.15) is 5.01 Å². The fraction of sp³-hybridized carbons (Fsp3) is 0.556. The van der Waals surface area contributed by atoms with Gasteiger partial charge in [0.15, 0.2) is 0 Å². The first-order valence-electron chi connectivity index (χ1n) is 8.80. The summed E-state index contributed by atoms with van der Waals surface area (Å²) in [6.07, 6.45) is 2.16. The average Bonchev–Trinajstić information content (AvgIpc) is 3.05. The second-order valence-corrected chi connectivity index (χ2v) is 8.18. The van der Waals surface area contributed by atoms with Crippen LogP contribution in [0.25, 0.3) is 10.2 Å². The normalized spacial score (nSPS) is 15.5. The molecule has 0 saturated carbocycles. The second-order valence-electron chi connectivity index (χ2n) is 6.08. The molecule has 3 rings (SSSR count). The first kappa shape index (κ1) is 18.6. The molecule has 25 heavy (non-hydrogen) atoms. The van der Waals surface area contributed by atoms with E-state index in [-0.39, 0.29) is 5.91 Å². The molecule has 0 unspecified atom stereocenters. The van der Waals surface area contributed by atoms with Gasteiger partial charge in [0.2, 0.25) is 5.91 Å². The number of amides is 1. The predicted molar refractivity (Wildman–Crippen MR) is 105 cm³/mol. The number of rotatable bonds is 9. The fourth-order valence-corrected chi connectivity index (χ4v) is 4.65. The van der Waals surface area contributed by atoms with Crippen molar-refractivity contribution in [3.8, 4) is 0 Å². The van der Waals surface area contributed by atoms with Gasteiger partial charge in [-0.3, -0.25) is 9.69 Å². The molecule has 1 aromatic heterocycles. The van der Waals surface area contributed by atoms with Crippen molar-refractivity contribution in [1.29, 1.82) is 0 Å². The maximum Gasteiger partial charge on any atom is 0.230 e. The molecule has 1 aliphatic heterocycles. The van der Waals surface area contributed by atoms with Crippen molar-refractivity contribution in [1.82, 2.24) is 15.2 Å². The number of benzene rings is 1. The Morgan fingerprint density at radius 1 is 1.28 bits per heavy atom. The van der Waals surface area contributed by atoms with Crippen LogP contribution in [0, 0.1) is 0 Å². The van der Waals surface area contributed by atoms with Crippen molar-refractivity contribution in [3.05, 3.63) is 29.3 Å². The zero-order chi connectivity index (χ0) is 17.3. The second kappa shape index (κ2) is 10.1. The van der Waals surface area contributed by atoms with E-state index in [0.29, 0.717) is 5.75 Å².